The van der Waals surface area contributed by atoms with E-state index < -0.39 is 32.3 Å². The molecule has 3 heterocycles. The van der Waals surface area contributed by atoms with Gasteiger partial charge in [0.15, 0.2) is 4.75 Å². The molecule has 6 nitrogen and oxygen atoms in total. The van der Waals surface area contributed by atoms with Crippen molar-refractivity contribution in [3.05, 3.63) is 36.0 Å². The Morgan fingerprint density at radius 1 is 1.19 bits per heavy atom. The molecule has 0 bridgehead atoms. The zero-order valence-electron chi connectivity index (χ0n) is 13.7. The Morgan fingerprint density at radius 3 is 2.37 bits per heavy atom. The Hall–Kier alpha value is -1.98. The summed E-state index contributed by atoms with van der Waals surface area (Å²) in [6.45, 7) is 0.0362. The van der Waals surface area contributed by atoms with Gasteiger partial charge in [0.2, 0.25) is 9.84 Å². The number of carboxylic acids is 1. The van der Waals surface area contributed by atoms with Crippen LogP contribution in [0.15, 0.2) is 34.7 Å². The summed E-state index contributed by atoms with van der Waals surface area (Å²) in [7, 11) is -4.21. The van der Waals surface area contributed by atoms with Gasteiger partial charge in [0.05, 0.1) is 16.1 Å². The van der Waals surface area contributed by atoms with Crippen LogP contribution in [0.5, 0.6) is 0 Å². The minimum Gasteiger partial charge on any atom is -0.480 e. The molecule has 0 atom stereocenters. The van der Waals surface area contributed by atoms with E-state index in [1.54, 1.807) is 0 Å². The number of carboxylic acid groups (broad SMARTS) is 1. The molecule has 0 radical (unpaired) electrons. The lowest BCUT2D eigenvalue weighted by molar-refractivity contribution is -0.142. The van der Waals surface area contributed by atoms with Crippen LogP contribution in [0.1, 0.15) is 18.4 Å². The number of aromatic nitrogens is 1. The smallest absolute Gasteiger partial charge is 0.417 e. The van der Waals surface area contributed by atoms with Gasteiger partial charge in [0, 0.05) is 32.3 Å². The number of hydrogen-bond acceptors (Lipinski definition) is 6. The minimum atomic E-state index is -4.52. The van der Waals surface area contributed by atoms with Crippen LogP contribution in [0, 0.1) is 0 Å². The van der Waals surface area contributed by atoms with Gasteiger partial charge in [-0.1, -0.05) is 0 Å². The summed E-state index contributed by atoms with van der Waals surface area (Å²) in [5, 5.41) is 9.57. The second-order valence-electron chi connectivity index (χ2n) is 5.96. The largest absolute Gasteiger partial charge is 0.480 e. The van der Waals surface area contributed by atoms with Gasteiger partial charge >= 0.3 is 12.1 Å². The molecule has 2 aromatic rings. The fraction of sp³-hybridized carbons (Fsp3) is 0.375. The van der Waals surface area contributed by atoms with Crippen molar-refractivity contribution in [3.63, 3.8) is 0 Å². The van der Waals surface area contributed by atoms with Gasteiger partial charge in [-0.05, 0) is 24.3 Å². The summed E-state index contributed by atoms with van der Waals surface area (Å²) in [5.41, 5.74) is -0.742. The zero-order chi connectivity index (χ0) is 19.9. The van der Waals surface area contributed by atoms with Gasteiger partial charge in [0.1, 0.15) is 4.21 Å². The number of halogens is 3. The number of rotatable bonds is 4. The van der Waals surface area contributed by atoms with E-state index in [4.69, 9.17) is 4.74 Å². The third-order valence-electron chi connectivity index (χ3n) is 4.39. The minimum absolute atomic E-state index is 0.0181. The fourth-order valence-electron chi connectivity index (χ4n) is 2.80. The lowest BCUT2D eigenvalue weighted by Gasteiger charge is -2.31. The predicted octanol–water partition coefficient (Wildman–Crippen LogP) is 3.24. The highest BCUT2D eigenvalue weighted by molar-refractivity contribution is 7.95. The lowest BCUT2D eigenvalue weighted by Crippen LogP contribution is -2.50. The standard InChI is InChI=1S/C16H14F3NO5S2/c17-16(18,19)10-1-2-11(20-9-10)12-3-4-13(26-12)27(23,24)15(14(21)22)5-7-25-8-6-15/h1-4,9H,5-8H2,(H,21,22). The average molecular weight is 421 g/mol. The molecule has 2 aromatic heterocycles. The third-order valence-corrected chi connectivity index (χ3v) is 8.48. The van der Waals surface area contributed by atoms with Crippen LogP contribution in [0.3, 0.4) is 0 Å². The van der Waals surface area contributed by atoms with Gasteiger partial charge in [-0.25, -0.2) is 8.42 Å². The van der Waals surface area contributed by atoms with Crippen LogP contribution in [-0.2, 0) is 25.5 Å². The van der Waals surface area contributed by atoms with E-state index in [1.807, 2.05) is 0 Å². The highest BCUT2D eigenvalue weighted by Crippen LogP contribution is 2.40. The Morgan fingerprint density at radius 2 is 1.85 bits per heavy atom. The summed E-state index contributed by atoms with van der Waals surface area (Å²) in [6, 6.07) is 4.66. The number of sulfone groups is 1. The number of carbonyl (C=O) groups is 1. The molecule has 1 N–H and O–H groups in total. The number of nitrogens with zero attached hydrogens (tertiary/aromatic N) is 1. The van der Waals surface area contributed by atoms with Gasteiger partial charge < -0.3 is 9.84 Å². The first-order valence-electron chi connectivity index (χ1n) is 7.77. The lowest BCUT2D eigenvalue weighted by atomic mass is 9.99. The molecule has 3 rings (SSSR count). The first kappa shape index (κ1) is 19.8. The van der Waals surface area contributed by atoms with Crippen LogP contribution < -0.4 is 0 Å². The molecule has 1 saturated heterocycles. The summed E-state index contributed by atoms with van der Waals surface area (Å²) < 4.78 is 66.8. The number of alkyl halides is 3. The maximum atomic E-state index is 13.0. The topological polar surface area (TPSA) is 93.6 Å². The highest BCUT2D eigenvalue weighted by atomic mass is 32.2. The molecule has 0 unspecified atom stereocenters. The molecule has 0 spiro atoms. The van der Waals surface area contributed by atoms with E-state index in [-0.39, 0.29) is 36.0 Å². The first-order chi connectivity index (χ1) is 12.6. The molecule has 1 aliphatic heterocycles. The van der Waals surface area contributed by atoms with E-state index in [0.717, 1.165) is 23.5 Å². The Balaban J connectivity index is 1.96. The normalized spacial score (nSPS) is 17.6. The van der Waals surface area contributed by atoms with Crippen LogP contribution in [0.25, 0.3) is 10.6 Å². The number of hydrogen-bond donors (Lipinski definition) is 1. The van der Waals surface area contributed by atoms with Crippen molar-refractivity contribution in [3.8, 4) is 10.6 Å². The van der Waals surface area contributed by atoms with Crippen molar-refractivity contribution in [1.29, 1.82) is 0 Å². The SMILES string of the molecule is O=C(O)C1(S(=O)(=O)c2ccc(-c3ccc(C(F)(F)F)cn3)s2)CCOCC1. The fourth-order valence-corrected chi connectivity index (χ4v) is 6.27. The maximum Gasteiger partial charge on any atom is 0.417 e. The van der Waals surface area contributed by atoms with Gasteiger partial charge in [-0.15, -0.1) is 11.3 Å². The molecule has 0 aliphatic carbocycles. The Bertz CT molecular complexity index is 945. The molecule has 27 heavy (non-hydrogen) atoms. The molecule has 1 aliphatic rings. The van der Waals surface area contributed by atoms with Crippen molar-refractivity contribution >= 4 is 27.1 Å². The molecular formula is C16H14F3NO5S2. The van der Waals surface area contributed by atoms with E-state index >= 15 is 0 Å². The van der Waals surface area contributed by atoms with Crippen molar-refractivity contribution in [1.82, 2.24) is 4.98 Å². The van der Waals surface area contributed by atoms with Gasteiger partial charge in [-0.3, -0.25) is 9.78 Å². The Kier molecular flexibility index (Phi) is 5.04. The second-order valence-corrected chi connectivity index (χ2v) is 9.53. The van der Waals surface area contributed by atoms with E-state index in [0.29, 0.717) is 11.1 Å². The Labute approximate surface area is 156 Å². The quantitative estimate of drug-likeness (QED) is 0.815. The van der Waals surface area contributed by atoms with Crippen LogP contribution >= 0.6 is 11.3 Å². The molecule has 0 aromatic carbocycles. The van der Waals surface area contributed by atoms with Crippen LogP contribution in [0.4, 0.5) is 13.2 Å². The summed E-state index contributed by atoms with van der Waals surface area (Å²) in [5.74, 6) is -1.44. The van der Waals surface area contributed by atoms with Gasteiger partial charge in [0.25, 0.3) is 0 Å². The average Bonchev–Trinajstić information content (AvgIpc) is 3.12. The molecule has 11 heteroatoms. The molecular weight excluding hydrogens is 407 g/mol. The summed E-state index contributed by atoms with van der Waals surface area (Å²) >= 11 is 0.780. The monoisotopic (exact) mass is 421 g/mol. The molecule has 146 valence electrons. The third kappa shape index (κ3) is 3.46. The van der Waals surface area contributed by atoms with E-state index in [9.17, 15) is 31.5 Å². The first-order valence-corrected chi connectivity index (χ1v) is 10.1. The van der Waals surface area contributed by atoms with E-state index in [1.165, 1.54) is 12.1 Å². The second kappa shape index (κ2) is 6.88. The summed E-state index contributed by atoms with van der Waals surface area (Å²) in [4.78, 5) is 15.8. The van der Waals surface area contributed by atoms with Crippen molar-refractivity contribution in [2.45, 2.75) is 28.0 Å². The van der Waals surface area contributed by atoms with E-state index in [2.05, 4.69) is 4.98 Å². The van der Waals surface area contributed by atoms with Crippen LogP contribution in [0.2, 0.25) is 0 Å². The number of thiophene rings is 1. The molecule has 1 fully saturated rings. The molecule has 0 saturated carbocycles. The number of ether oxygens (including phenoxy) is 1. The van der Waals surface area contributed by atoms with Crippen LogP contribution in [-0.4, -0.2) is 42.4 Å². The van der Waals surface area contributed by atoms with Crippen molar-refractivity contribution in [2.24, 2.45) is 0 Å². The maximum absolute atomic E-state index is 13.0. The number of pyridine rings is 1. The van der Waals surface area contributed by atoms with Gasteiger partial charge in [-0.2, -0.15) is 13.2 Å². The number of aliphatic carboxylic acids is 1. The zero-order valence-corrected chi connectivity index (χ0v) is 15.3. The van der Waals surface area contributed by atoms with Crippen molar-refractivity contribution < 1.29 is 36.2 Å². The molecule has 0 amide bonds. The predicted molar refractivity (Wildman–Crippen MR) is 90.2 cm³/mol. The van der Waals surface area contributed by atoms with Crippen molar-refractivity contribution in [2.75, 3.05) is 13.2 Å². The summed E-state index contributed by atoms with van der Waals surface area (Å²) in [6.07, 6.45) is -4.19. The highest BCUT2D eigenvalue weighted by Gasteiger charge is 2.53.